The minimum absolute atomic E-state index is 0.489. The van der Waals surface area contributed by atoms with Gasteiger partial charge in [0.25, 0.3) is 11.7 Å². The predicted octanol–water partition coefficient (Wildman–Crippen LogP) is 2.98. The van der Waals surface area contributed by atoms with Crippen LogP contribution in [0.5, 0.6) is 5.75 Å². The third-order valence-electron chi connectivity index (χ3n) is 5.19. The van der Waals surface area contributed by atoms with E-state index in [9.17, 15) is 0 Å². The van der Waals surface area contributed by atoms with Gasteiger partial charge >= 0.3 is 0 Å². The summed E-state index contributed by atoms with van der Waals surface area (Å²) in [6.45, 7) is 13.9. The molecule has 0 amide bonds. The number of quaternary nitrogens is 1. The van der Waals surface area contributed by atoms with Gasteiger partial charge in [-0.2, -0.15) is 0 Å². The van der Waals surface area contributed by atoms with Crippen molar-refractivity contribution in [1.82, 2.24) is 10.2 Å². The number of aromatic amines is 1. The number of hydrogen-bond donors (Lipinski definition) is 2. The van der Waals surface area contributed by atoms with Crippen molar-refractivity contribution in [3.05, 3.63) is 42.6 Å². The van der Waals surface area contributed by atoms with Crippen LogP contribution in [0.15, 0.2) is 47.0 Å². The summed E-state index contributed by atoms with van der Waals surface area (Å²) < 4.78 is 11.6. The molecule has 0 radical (unpaired) electrons. The number of pyridine rings is 1. The van der Waals surface area contributed by atoms with Crippen LogP contribution in [0.2, 0.25) is 0 Å². The van der Waals surface area contributed by atoms with Crippen LogP contribution in [0, 0.1) is 5.92 Å². The van der Waals surface area contributed by atoms with Crippen LogP contribution in [0.25, 0.3) is 22.9 Å². The topological polar surface area (TPSA) is 78.8 Å². The Labute approximate surface area is 184 Å². The first-order chi connectivity index (χ1) is 15.1. The highest BCUT2D eigenvalue weighted by Crippen LogP contribution is 2.25. The van der Waals surface area contributed by atoms with Crippen LogP contribution >= 0.6 is 0 Å². The lowest BCUT2D eigenvalue weighted by molar-refractivity contribution is -0.896. The zero-order chi connectivity index (χ0) is 22.1. The highest BCUT2D eigenvalue weighted by molar-refractivity contribution is 5.58. The fourth-order valence-corrected chi connectivity index (χ4v) is 3.25. The second kappa shape index (κ2) is 11.5. The standard InChI is InChI=1S/C24H33N5O2/c1-5-29(6-2)15-7-14-25-22-13-10-20(16-26-22)24-28-27-23(31-24)19-8-11-21(12-9-19)30-17-18(3)4/h8-13,16,18H,5-7,14-15,17H2,1-4H3,(H,25,26)/p+2. The summed E-state index contributed by atoms with van der Waals surface area (Å²) in [5.74, 6) is 3.29. The molecule has 0 saturated carbocycles. The molecule has 7 heteroatoms. The van der Waals surface area contributed by atoms with E-state index < -0.39 is 0 Å². The van der Waals surface area contributed by atoms with Gasteiger partial charge in [0.15, 0.2) is 0 Å². The van der Waals surface area contributed by atoms with Crippen LogP contribution < -0.4 is 19.9 Å². The third-order valence-corrected chi connectivity index (χ3v) is 5.19. The Bertz CT molecular complexity index is 902. The van der Waals surface area contributed by atoms with Crippen molar-refractivity contribution in [2.75, 3.05) is 38.1 Å². The number of nitrogens with one attached hydrogen (secondary N) is 3. The molecular formula is C24H35N5O2+2. The molecule has 7 nitrogen and oxygen atoms in total. The lowest BCUT2D eigenvalue weighted by atomic mass is 10.2. The molecule has 0 fully saturated rings. The molecule has 166 valence electrons. The molecule has 0 aliphatic heterocycles. The Morgan fingerprint density at radius 1 is 1.00 bits per heavy atom. The summed E-state index contributed by atoms with van der Waals surface area (Å²) in [4.78, 5) is 4.90. The second-order valence-corrected chi connectivity index (χ2v) is 8.12. The molecule has 3 aromatic rings. The smallest absolute Gasteiger partial charge is 0.272 e. The summed E-state index contributed by atoms with van der Waals surface area (Å²) in [6.07, 6.45) is 3.03. The number of hydrogen-bond acceptors (Lipinski definition) is 5. The van der Waals surface area contributed by atoms with E-state index in [0.717, 1.165) is 35.7 Å². The van der Waals surface area contributed by atoms with Gasteiger partial charge in [-0.1, -0.05) is 13.8 Å². The minimum atomic E-state index is 0.489. The van der Waals surface area contributed by atoms with Crippen molar-refractivity contribution in [3.63, 3.8) is 0 Å². The number of ether oxygens (including phenoxy) is 1. The molecular weight excluding hydrogens is 390 g/mol. The Morgan fingerprint density at radius 3 is 2.29 bits per heavy atom. The van der Waals surface area contributed by atoms with Crippen molar-refractivity contribution in [2.45, 2.75) is 34.1 Å². The van der Waals surface area contributed by atoms with Gasteiger partial charge in [0.05, 0.1) is 38.3 Å². The van der Waals surface area contributed by atoms with Gasteiger partial charge < -0.3 is 14.1 Å². The zero-order valence-electron chi connectivity index (χ0n) is 19.1. The molecule has 3 N–H and O–H groups in total. The number of H-pyrrole nitrogens is 1. The highest BCUT2D eigenvalue weighted by Gasteiger charge is 2.13. The summed E-state index contributed by atoms with van der Waals surface area (Å²) in [5, 5.41) is 11.8. The first kappa shape index (κ1) is 22.7. The van der Waals surface area contributed by atoms with Crippen LogP contribution in [0.1, 0.15) is 34.1 Å². The van der Waals surface area contributed by atoms with Gasteiger partial charge in [-0.3, -0.25) is 5.32 Å². The van der Waals surface area contributed by atoms with Gasteiger partial charge in [0.2, 0.25) is 5.89 Å². The summed E-state index contributed by atoms with van der Waals surface area (Å²) >= 11 is 0. The lowest BCUT2D eigenvalue weighted by Crippen LogP contribution is -3.11. The Hall–Kier alpha value is -2.93. The maximum Gasteiger partial charge on any atom is 0.272 e. The van der Waals surface area contributed by atoms with E-state index in [0.29, 0.717) is 24.3 Å². The molecule has 0 saturated heterocycles. The quantitative estimate of drug-likeness (QED) is 0.436. The summed E-state index contributed by atoms with van der Waals surface area (Å²) in [7, 11) is 0. The van der Waals surface area contributed by atoms with Crippen LogP contribution in [-0.4, -0.2) is 43.0 Å². The first-order valence-corrected chi connectivity index (χ1v) is 11.2. The summed E-state index contributed by atoms with van der Waals surface area (Å²) in [5.41, 5.74) is 1.72. The number of aromatic nitrogens is 3. The van der Waals surface area contributed by atoms with Crippen LogP contribution in [0.3, 0.4) is 0 Å². The van der Waals surface area contributed by atoms with Crippen molar-refractivity contribution in [3.8, 4) is 28.7 Å². The molecule has 0 unspecified atom stereocenters. The molecule has 2 heterocycles. The molecule has 0 bridgehead atoms. The van der Waals surface area contributed by atoms with Gasteiger partial charge in [0.1, 0.15) is 11.9 Å². The normalized spacial score (nSPS) is 11.3. The number of nitrogens with zero attached hydrogens (tertiary/aromatic N) is 2. The van der Waals surface area contributed by atoms with Gasteiger partial charge in [-0.25, -0.2) is 4.98 Å². The number of benzene rings is 1. The predicted molar refractivity (Wildman–Crippen MR) is 122 cm³/mol. The SMILES string of the molecule is CC[NH+](CC)CCCNc1ccc(-c2nnc(-c3ccc(OCC(C)C)cc3)o2)c[nH+]1. The van der Waals surface area contributed by atoms with Gasteiger partial charge in [-0.05, 0) is 50.1 Å². The largest absolute Gasteiger partial charge is 0.493 e. The van der Waals surface area contributed by atoms with Crippen molar-refractivity contribution in [2.24, 2.45) is 5.92 Å². The van der Waals surface area contributed by atoms with E-state index in [1.165, 1.54) is 19.6 Å². The van der Waals surface area contributed by atoms with E-state index in [1.54, 1.807) is 4.90 Å². The molecule has 0 aliphatic carbocycles. The van der Waals surface area contributed by atoms with E-state index in [2.05, 4.69) is 48.2 Å². The maximum absolute atomic E-state index is 5.88. The summed E-state index contributed by atoms with van der Waals surface area (Å²) in [6, 6.07) is 11.7. The molecule has 0 atom stereocenters. The lowest BCUT2D eigenvalue weighted by Gasteiger charge is -2.14. The maximum atomic E-state index is 5.88. The van der Waals surface area contributed by atoms with Gasteiger partial charge in [-0.15, -0.1) is 10.2 Å². The van der Waals surface area contributed by atoms with E-state index in [4.69, 9.17) is 9.15 Å². The fraction of sp³-hybridized carbons (Fsp3) is 0.458. The number of anilines is 1. The average Bonchev–Trinajstić information content (AvgIpc) is 3.29. The minimum Gasteiger partial charge on any atom is -0.493 e. The van der Waals surface area contributed by atoms with E-state index >= 15 is 0 Å². The monoisotopic (exact) mass is 425 g/mol. The van der Waals surface area contributed by atoms with Crippen molar-refractivity contribution in [1.29, 1.82) is 0 Å². The Balaban J connectivity index is 1.54. The van der Waals surface area contributed by atoms with Gasteiger partial charge in [0, 0.05) is 18.1 Å². The highest BCUT2D eigenvalue weighted by atomic mass is 16.5. The molecule has 0 spiro atoms. The fourth-order valence-electron chi connectivity index (χ4n) is 3.25. The zero-order valence-corrected chi connectivity index (χ0v) is 19.1. The Morgan fingerprint density at radius 2 is 1.68 bits per heavy atom. The molecule has 1 aromatic carbocycles. The number of rotatable bonds is 12. The Kier molecular flexibility index (Phi) is 8.41. The molecule has 2 aromatic heterocycles. The van der Waals surface area contributed by atoms with E-state index in [1.807, 2.05) is 42.6 Å². The second-order valence-electron chi connectivity index (χ2n) is 8.12. The van der Waals surface area contributed by atoms with E-state index in [-0.39, 0.29) is 0 Å². The van der Waals surface area contributed by atoms with Crippen molar-refractivity contribution < 1.29 is 19.0 Å². The molecule has 31 heavy (non-hydrogen) atoms. The third kappa shape index (κ3) is 6.79. The molecule has 0 aliphatic rings. The first-order valence-electron chi connectivity index (χ1n) is 11.2. The van der Waals surface area contributed by atoms with Crippen molar-refractivity contribution >= 4 is 5.82 Å². The molecule has 3 rings (SSSR count). The average molecular weight is 426 g/mol. The van der Waals surface area contributed by atoms with Crippen LogP contribution in [0.4, 0.5) is 5.82 Å². The van der Waals surface area contributed by atoms with Crippen LogP contribution in [-0.2, 0) is 0 Å².